The Morgan fingerprint density at radius 3 is 2.73 bits per heavy atom. The van der Waals surface area contributed by atoms with Gasteiger partial charge >= 0.3 is 0 Å². The van der Waals surface area contributed by atoms with Gasteiger partial charge in [-0.25, -0.2) is 0 Å². The van der Waals surface area contributed by atoms with Crippen molar-refractivity contribution in [2.45, 2.75) is 6.92 Å². The molecule has 0 saturated carbocycles. The molecule has 0 aliphatic rings. The van der Waals surface area contributed by atoms with E-state index < -0.39 is 0 Å². The molecule has 1 aromatic heterocycles. The number of nitrogens with zero attached hydrogens (tertiary/aromatic N) is 4. The summed E-state index contributed by atoms with van der Waals surface area (Å²) in [5.41, 5.74) is 1.91. The second-order valence-electron chi connectivity index (χ2n) is 6.60. The van der Waals surface area contributed by atoms with Gasteiger partial charge in [0.25, 0.3) is 5.91 Å². The van der Waals surface area contributed by atoms with E-state index in [0.717, 1.165) is 20.6 Å². The van der Waals surface area contributed by atoms with Gasteiger partial charge in [-0.05, 0) is 52.7 Å². The summed E-state index contributed by atoms with van der Waals surface area (Å²) in [7, 11) is 5.34. The van der Waals surface area contributed by atoms with Crippen LogP contribution in [0, 0.1) is 0 Å². The van der Waals surface area contributed by atoms with Crippen LogP contribution in [0.2, 0.25) is 0 Å². The normalized spacial score (nSPS) is 12.0. The second-order valence-corrected chi connectivity index (χ2v) is 8.46. The molecule has 7 nitrogen and oxygen atoms in total. The van der Waals surface area contributed by atoms with Crippen molar-refractivity contribution >= 4 is 49.6 Å². The molecule has 0 saturated heterocycles. The van der Waals surface area contributed by atoms with E-state index >= 15 is 0 Å². The number of aryl methyl sites for hydroxylation is 1. The van der Waals surface area contributed by atoms with Gasteiger partial charge in [0.1, 0.15) is 0 Å². The summed E-state index contributed by atoms with van der Waals surface area (Å²) >= 11 is 5.08. The molecule has 0 atom stereocenters. The number of thiazole rings is 1. The number of fused-ring (bicyclic) bond motifs is 1. The molecule has 0 aliphatic heterocycles. The van der Waals surface area contributed by atoms with E-state index in [4.69, 9.17) is 9.47 Å². The van der Waals surface area contributed by atoms with Crippen LogP contribution in [-0.4, -0.2) is 48.9 Å². The number of carbonyl (C=O) groups excluding carboxylic acids is 1. The highest BCUT2D eigenvalue weighted by molar-refractivity contribution is 9.10. The van der Waals surface area contributed by atoms with Crippen LogP contribution in [-0.2, 0) is 11.8 Å². The maximum atomic E-state index is 11.8. The van der Waals surface area contributed by atoms with Crippen LogP contribution in [0.5, 0.6) is 11.5 Å². The number of benzene rings is 2. The first-order valence-corrected chi connectivity index (χ1v) is 10.9. The lowest BCUT2D eigenvalue weighted by Gasteiger charge is -2.16. The summed E-state index contributed by atoms with van der Waals surface area (Å²) in [5, 5.41) is 8.61. The van der Waals surface area contributed by atoms with E-state index in [1.807, 2.05) is 42.8 Å². The van der Waals surface area contributed by atoms with Crippen molar-refractivity contribution in [3.63, 3.8) is 0 Å². The molecule has 0 bridgehead atoms. The maximum Gasteiger partial charge on any atom is 0.259 e. The number of hydrogen-bond acceptors (Lipinski definition) is 6. The van der Waals surface area contributed by atoms with Crippen molar-refractivity contribution in [2.24, 2.45) is 17.3 Å². The fraction of sp³-hybridized carbons (Fsp3) is 0.286. The maximum absolute atomic E-state index is 11.8. The number of ether oxygens (including phenoxy) is 2. The van der Waals surface area contributed by atoms with Gasteiger partial charge in [-0.3, -0.25) is 4.79 Å². The molecule has 0 spiro atoms. The lowest BCUT2D eigenvalue weighted by molar-refractivity contribution is -0.130. The van der Waals surface area contributed by atoms with Gasteiger partial charge in [-0.1, -0.05) is 23.5 Å². The zero-order valence-electron chi connectivity index (χ0n) is 17.3. The predicted molar refractivity (Wildman–Crippen MR) is 123 cm³/mol. The summed E-state index contributed by atoms with van der Waals surface area (Å²) in [6.07, 6.45) is 1.66. The summed E-state index contributed by atoms with van der Waals surface area (Å²) in [4.78, 5) is 14.1. The van der Waals surface area contributed by atoms with E-state index in [1.54, 1.807) is 31.6 Å². The van der Waals surface area contributed by atoms with Crippen molar-refractivity contribution in [2.75, 3.05) is 27.3 Å². The molecule has 9 heteroatoms. The van der Waals surface area contributed by atoms with Gasteiger partial charge < -0.3 is 18.9 Å². The molecule has 0 aliphatic carbocycles. The van der Waals surface area contributed by atoms with Crippen LogP contribution in [0.1, 0.15) is 12.5 Å². The van der Waals surface area contributed by atoms with Crippen LogP contribution in [0.25, 0.3) is 10.2 Å². The molecule has 3 aromatic rings. The van der Waals surface area contributed by atoms with Gasteiger partial charge in [0.15, 0.2) is 18.1 Å². The third-order valence-corrected chi connectivity index (χ3v) is 5.93. The minimum atomic E-state index is -0.134. The summed E-state index contributed by atoms with van der Waals surface area (Å²) in [6, 6.07) is 11.8. The quantitative estimate of drug-likeness (QED) is 0.373. The van der Waals surface area contributed by atoms with Crippen molar-refractivity contribution in [1.82, 2.24) is 9.47 Å². The zero-order valence-corrected chi connectivity index (χ0v) is 19.7. The Bertz CT molecular complexity index is 1150. The van der Waals surface area contributed by atoms with E-state index in [0.29, 0.717) is 22.6 Å². The van der Waals surface area contributed by atoms with Gasteiger partial charge in [-0.15, -0.1) is 5.10 Å². The lowest BCUT2D eigenvalue weighted by Crippen LogP contribution is -2.27. The third kappa shape index (κ3) is 5.09. The minimum absolute atomic E-state index is 0.0725. The van der Waals surface area contributed by atoms with Gasteiger partial charge in [0.05, 0.1) is 27.5 Å². The SMILES string of the molecule is CCOc1cc(/C=N/N=c2/sc3ccccc3n2C)cc(Br)c1OCC(=O)N(C)C. The van der Waals surface area contributed by atoms with Crippen LogP contribution in [0.15, 0.2) is 51.1 Å². The van der Waals surface area contributed by atoms with E-state index in [9.17, 15) is 4.79 Å². The first kappa shape index (κ1) is 22.0. The molecule has 158 valence electrons. The average molecular weight is 491 g/mol. The second kappa shape index (κ2) is 9.90. The lowest BCUT2D eigenvalue weighted by atomic mass is 10.2. The molecule has 0 fully saturated rings. The smallest absolute Gasteiger partial charge is 0.259 e. The largest absolute Gasteiger partial charge is 0.490 e. The molecule has 0 unspecified atom stereocenters. The fourth-order valence-electron chi connectivity index (χ4n) is 2.65. The van der Waals surface area contributed by atoms with Crippen LogP contribution in [0.4, 0.5) is 0 Å². The average Bonchev–Trinajstić information content (AvgIpc) is 3.03. The Morgan fingerprint density at radius 2 is 2.03 bits per heavy atom. The van der Waals surface area contributed by atoms with E-state index in [-0.39, 0.29) is 12.5 Å². The summed E-state index contributed by atoms with van der Waals surface area (Å²) in [5.74, 6) is 0.884. The van der Waals surface area contributed by atoms with Crippen LogP contribution < -0.4 is 14.3 Å². The van der Waals surface area contributed by atoms with Gasteiger partial charge in [0.2, 0.25) is 4.80 Å². The number of para-hydroxylation sites is 1. The fourth-order valence-corrected chi connectivity index (χ4v) is 4.20. The molecular formula is C21H23BrN4O3S. The van der Waals surface area contributed by atoms with E-state index in [1.165, 1.54) is 4.90 Å². The first-order chi connectivity index (χ1) is 14.4. The monoisotopic (exact) mass is 490 g/mol. The molecule has 1 heterocycles. The molecular weight excluding hydrogens is 468 g/mol. The Labute approximate surface area is 187 Å². The molecule has 2 aromatic carbocycles. The Balaban J connectivity index is 1.86. The molecule has 0 radical (unpaired) electrons. The summed E-state index contributed by atoms with van der Waals surface area (Å²) < 4.78 is 15.2. The molecule has 30 heavy (non-hydrogen) atoms. The zero-order chi connectivity index (χ0) is 21.7. The highest BCUT2D eigenvalue weighted by atomic mass is 79.9. The Morgan fingerprint density at radius 1 is 1.27 bits per heavy atom. The number of carbonyl (C=O) groups is 1. The highest BCUT2D eigenvalue weighted by Gasteiger charge is 2.14. The summed E-state index contributed by atoms with van der Waals surface area (Å²) in [6.45, 7) is 2.28. The van der Waals surface area contributed by atoms with Crippen molar-refractivity contribution in [1.29, 1.82) is 0 Å². The number of halogens is 1. The molecule has 3 rings (SSSR count). The van der Waals surface area contributed by atoms with Gasteiger partial charge in [-0.2, -0.15) is 5.10 Å². The van der Waals surface area contributed by atoms with Crippen LogP contribution >= 0.6 is 27.3 Å². The van der Waals surface area contributed by atoms with E-state index in [2.05, 4.69) is 38.3 Å². The van der Waals surface area contributed by atoms with Crippen molar-refractivity contribution < 1.29 is 14.3 Å². The predicted octanol–water partition coefficient (Wildman–Crippen LogP) is 3.80. The Kier molecular flexibility index (Phi) is 7.28. The number of aromatic nitrogens is 1. The Hall–Kier alpha value is -2.65. The topological polar surface area (TPSA) is 68.4 Å². The molecule has 0 N–H and O–H groups in total. The minimum Gasteiger partial charge on any atom is -0.490 e. The van der Waals surface area contributed by atoms with Crippen molar-refractivity contribution in [3.8, 4) is 11.5 Å². The van der Waals surface area contributed by atoms with Crippen molar-refractivity contribution in [3.05, 3.63) is 51.2 Å². The standard InChI is InChI=1S/C21H23BrN4O3S/c1-5-28-17-11-14(10-15(22)20(17)29-13-19(27)25(2)3)12-23-24-21-26(4)16-8-6-7-9-18(16)30-21/h6-12H,5,13H2,1-4H3/b23-12+,24-21+. The third-order valence-electron chi connectivity index (χ3n) is 4.24. The van der Waals surface area contributed by atoms with Crippen LogP contribution in [0.3, 0.4) is 0 Å². The number of amides is 1. The van der Waals surface area contributed by atoms with Gasteiger partial charge in [0, 0.05) is 21.1 Å². The number of hydrogen-bond donors (Lipinski definition) is 0. The highest BCUT2D eigenvalue weighted by Crippen LogP contribution is 2.36. The number of likely N-dealkylation sites (N-methyl/N-ethyl adjacent to an activating group) is 1. The first-order valence-electron chi connectivity index (χ1n) is 9.31. The molecule has 1 amide bonds. The number of rotatable bonds is 7.